The smallest absolute Gasteiger partial charge is 0.254 e. The van der Waals surface area contributed by atoms with E-state index in [4.69, 9.17) is 4.74 Å². The lowest BCUT2D eigenvalue weighted by atomic mass is 10.0. The Morgan fingerprint density at radius 1 is 1.06 bits per heavy atom. The molecule has 7 nitrogen and oxygen atoms in total. The minimum absolute atomic E-state index is 0.0467. The number of carbonyl (C=O) groups excluding carboxylic acids is 1. The lowest BCUT2D eigenvalue weighted by molar-refractivity contribution is 0.0598. The molecule has 2 aliphatic heterocycles. The van der Waals surface area contributed by atoms with E-state index in [1.807, 2.05) is 17.0 Å². The molecule has 0 N–H and O–H groups in total. The fraction of sp³-hybridized carbons (Fsp3) is 0.391. The van der Waals surface area contributed by atoms with Crippen LogP contribution in [0.4, 0.5) is 0 Å². The highest BCUT2D eigenvalue weighted by atomic mass is 32.2. The predicted octanol–water partition coefficient (Wildman–Crippen LogP) is 3.19. The minimum Gasteiger partial charge on any atom is -0.481 e. The van der Waals surface area contributed by atoms with Gasteiger partial charge in [0.15, 0.2) is 9.84 Å². The molecule has 0 aliphatic carbocycles. The van der Waals surface area contributed by atoms with Crippen molar-refractivity contribution in [2.45, 2.75) is 47.9 Å². The second-order valence-electron chi connectivity index (χ2n) is 8.41. The summed E-state index contributed by atoms with van der Waals surface area (Å²) < 4.78 is 33.3. The highest BCUT2D eigenvalue weighted by Crippen LogP contribution is 2.41. The quantitative estimate of drug-likeness (QED) is 0.624. The molecule has 2 aliphatic rings. The number of carbonyl (C=O) groups is 1. The monoisotopic (exact) mass is 439 g/mol. The summed E-state index contributed by atoms with van der Waals surface area (Å²) in [5.74, 6) is 0.607. The van der Waals surface area contributed by atoms with E-state index in [0.29, 0.717) is 34.7 Å². The molecule has 2 atom stereocenters. The zero-order chi connectivity index (χ0) is 21.8. The van der Waals surface area contributed by atoms with E-state index >= 15 is 0 Å². The number of nitrogens with zero attached hydrogens (tertiary/aromatic N) is 3. The summed E-state index contributed by atoms with van der Waals surface area (Å²) in [6.45, 7) is 0. The van der Waals surface area contributed by atoms with Crippen molar-refractivity contribution in [1.82, 2.24) is 14.7 Å². The van der Waals surface area contributed by atoms with E-state index in [-0.39, 0.29) is 18.0 Å². The van der Waals surface area contributed by atoms with Gasteiger partial charge in [0.2, 0.25) is 5.88 Å². The fourth-order valence-corrected chi connectivity index (χ4v) is 7.09. The molecule has 0 radical (unpaired) electrons. The SMILES string of the molecule is COc1c2ccc(C(=O)N3[C@H]4CC[C@H]3CC(S(=O)(=O)c3ccccc3)C4)cc2nn1C. The predicted molar refractivity (Wildman–Crippen MR) is 117 cm³/mol. The van der Waals surface area contributed by atoms with Crippen molar-refractivity contribution >= 4 is 26.6 Å². The van der Waals surface area contributed by atoms with Crippen molar-refractivity contribution in [3.8, 4) is 5.88 Å². The molecule has 2 bridgehead atoms. The fourth-order valence-electron chi connectivity index (χ4n) is 5.22. The van der Waals surface area contributed by atoms with Crippen LogP contribution in [0, 0.1) is 0 Å². The first-order chi connectivity index (χ1) is 14.9. The van der Waals surface area contributed by atoms with Crippen LogP contribution in [0.25, 0.3) is 10.9 Å². The number of piperidine rings is 1. The Morgan fingerprint density at radius 2 is 1.74 bits per heavy atom. The number of hydrogen-bond donors (Lipinski definition) is 0. The van der Waals surface area contributed by atoms with Gasteiger partial charge in [-0.15, -0.1) is 0 Å². The van der Waals surface area contributed by atoms with Crippen LogP contribution in [-0.2, 0) is 16.9 Å². The van der Waals surface area contributed by atoms with Crippen LogP contribution in [0.1, 0.15) is 36.0 Å². The van der Waals surface area contributed by atoms with Crippen LogP contribution < -0.4 is 4.74 Å². The topological polar surface area (TPSA) is 81.5 Å². The molecule has 1 amide bonds. The number of benzene rings is 2. The lowest BCUT2D eigenvalue weighted by Gasteiger charge is -2.38. The largest absolute Gasteiger partial charge is 0.481 e. The molecule has 1 aromatic heterocycles. The maximum atomic E-state index is 13.4. The van der Waals surface area contributed by atoms with Gasteiger partial charge in [0.25, 0.3) is 5.91 Å². The van der Waals surface area contributed by atoms with Crippen molar-refractivity contribution in [2.75, 3.05) is 7.11 Å². The molecule has 8 heteroatoms. The summed E-state index contributed by atoms with van der Waals surface area (Å²) in [6, 6.07) is 14.0. The van der Waals surface area contributed by atoms with Crippen LogP contribution in [0.15, 0.2) is 53.4 Å². The number of fused-ring (bicyclic) bond motifs is 3. The van der Waals surface area contributed by atoms with Crippen molar-refractivity contribution in [1.29, 1.82) is 0 Å². The molecule has 2 saturated heterocycles. The first-order valence-electron chi connectivity index (χ1n) is 10.5. The van der Waals surface area contributed by atoms with Crippen molar-refractivity contribution < 1.29 is 17.9 Å². The molecule has 2 aromatic carbocycles. The van der Waals surface area contributed by atoms with Crippen molar-refractivity contribution in [2.24, 2.45) is 7.05 Å². The Labute approximate surface area is 181 Å². The average Bonchev–Trinajstić information content (AvgIpc) is 3.24. The number of hydrogen-bond acceptors (Lipinski definition) is 5. The Kier molecular flexibility index (Phi) is 4.77. The molecule has 0 spiro atoms. The third-order valence-corrected chi connectivity index (χ3v) is 8.85. The third kappa shape index (κ3) is 3.20. The molecular weight excluding hydrogens is 414 g/mol. The Hall–Kier alpha value is -2.87. The standard InChI is InChI=1S/C23H25N3O4S/c1-25-23(30-2)20-11-8-15(12-21(20)24-25)22(27)26-16-9-10-17(26)14-19(13-16)31(28,29)18-6-4-3-5-7-18/h3-8,11-12,16-17,19H,9-10,13-14H2,1-2H3/t16-,17-/m0/s1. The maximum Gasteiger partial charge on any atom is 0.254 e. The van der Waals surface area contributed by atoms with Gasteiger partial charge in [-0.1, -0.05) is 18.2 Å². The molecule has 5 rings (SSSR count). The van der Waals surface area contributed by atoms with Crippen LogP contribution in [0.3, 0.4) is 0 Å². The summed E-state index contributed by atoms with van der Waals surface area (Å²) >= 11 is 0. The summed E-state index contributed by atoms with van der Waals surface area (Å²) in [4.78, 5) is 15.7. The third-order valence-electron chi connectivity index (χ3n) is 6.66. The Balaban J connectivity index is 1.40. The molecule has 0 saturated carbocycles. The van der Waals surface area contributed by atoms with Crippen molar-refractivity contribution in [3.63, 3.8) is 0 Å². The highest BCUT2D eigenvalue weighted by Gasteiger charge is 2.47. The van der Waals surface area contributed by atoms with Crippen LogP contribution in [0.5, 0.6) is 5.88 Å². The summed E-state index contributed by atoms with van der Waals surface area (Å²) in [5, 5.41) is 4.86. The Morgan fingerprint density at radius 3 is 2.39 bits per heavy atom. The van der Waals surface area contributed by atoms with E-state index in [2.05, 4.69) is 5.10 Å². The van der Waals surface area contributed by atoms with Gasteiger partial charge in [0.05, 0.1) is 28.2 Å². The zero-order valence-electron chi connectivity index (χ0n) is 17.6. The average molecular weight is 440 g/mol. The molecule has 2 fully saturated rings. The Bertz CT molecular complexity index is 1240. The molecule has 162 valence electrons. The molecule has 0 unspecified atom stereocenters. The number of rotatable bonds is 4. The van der Waals surface area contributed by atoms with E-state index in [1.165, 1.54) is 0 Å². The second kappa shape index (κ2) is 7.37. The van der Waals surface area contributed by atoms with Gasteiger partial charge in [-0.2, -0.15) is 5.10 Å². The first kappa shape index (κ1) is 20.1. The summed E-state index contributed by atoms with van der Waals surface area (Å²) in [7, 11) is 0.00214. The number of aromatic nitrogens is 2. The van der Waals surface area contributed by atoms with Gasteiger partial charge in [-0.05, 0) is 56.0 Å². The van der Waals surface area contributed by atoms with Gasteiger partial charge in [-0.3, -0.25) is 4.79 Å². The van der Waals surface area contributed by atoms with Gasteiger partial charge in [-0.25, -0.2) is 13.1 Å². The highest BCUT2D eigenvalue weighted by molar-refractivity contribution is 7.92. The molecular formula is C23H25N3O4S. The van der Waals surface area contributed by atoms with Gasteiger partial charge >= 0.3 is 0 Å². The molecule has 31 heavy (non-hydrogen) atoms. The second-order valence-corrected chi connectivity index (χ2v) is 10.6. The number of aryl methyl sites for hydroxylation is 1. The van der Waals surface area contributed by atoms with E-state index in [0.717, 1.165) is 18.2 Å². The number of methoxy groups -OCH3 is 1. The zero-order valence-corrected chi connectivity index (χ0v) is 18.4. The maximum absolute atomic E-state index is 13.4. The number of sulfone groups is 1. The van der Waals surface area contributed by atoms with Crippen LogP contribution in [-0.4, -0.2) is 53.4 Å². The minimum atomic E-state index is -3.40. The van der Waals surface area contributed by atoms with E-state index in [9.17, 15) is 13.2 Å². The lowest BCUT2D eigenvalue weighted by Crippen LogP contribution is -2.49. The van der Waals surface area contributed by atoms with Gasteiger partial charge in [0.1, 0.15) is 0 Å². The number of ether oxygens (including phenoxy) is 1. The van der Waals surface area contributed by atoms with E-state index in [1.54, 1.807) is 55.2 Å². The summed E-state index contributed by atoms with van der Waals surface area (Å²) in [5.41, 5.74) is 1.29. The van der Waals surface area contributed by atoms with Crippen LogP contribution in [0.2, 0.25) is 0 Å². The van der Waals surface area contributed by atoms with Crippen molar-refractivity contribution in [3.05, 3.63) is 54.1 Å². The molecule has 3 aromatic rings. The van der Waals surface area contributed by atoms with Gasteiger partial charge < -0.3 is 9.64 Å². The van der Waals surface area contributed by atoms with Gasteiger partial charge in [0, 0.05) is 24.7 Å². The number of amides is 1. The summed E-state index contributed by atoms with van der Waals surface area (Å²) in [6.07, 6.45) is 2.66. The van der Waals surface area contributed by atoms with E-state index < -0.39 is 15.1 Å². The molecule has 3 heterocycles. The van der Waals surface area contributed by atoms with Crippen LogP contribution >= 0.6 is 0 Å². The normalized spacial score (nSPS) is 23.3. The first-order valence-corrected chi connectivity index (χ1v) is 12.1.